The van der Waals surface area contributed by atoms with Gasteiger partial charge in [0, 0.05) is 0 Å². The van der Waals surface area contributed by atoms with E-state index in [1.165, 1.54) is 0 Å². The number of urea groups is 1. The highest BCUT2D eigenvalue weighted by Crippen LogP contribution is 2.21. The fraction of sp³-hybridized carbons (Fsp3) is 0.250. The third-order valence-electron chi connectivity index (χ3n) is 2.48. The van der Waals surface area contributed by atoms with Crippen molar-refractivity contribution in [1.29, 1.82) is 0 Å². The first-order valence-electron chi connectivity index (χ1n) is 5.22. The highest BCUT2D eigenvalue weighted by atomic mass is 16.2. The number of imide groups is 2. The molecule has 1 aromatic rings. The summed E-state index contributed by atoms with van der Waals surface area (Å²) in [5, 5.41) is 2.12. The number of barbiturate groups is 1. The third-order valence-corrected chi connectivity index (χ3v) is 2.48. The first-order chi connectivity index (χ1) is 7.97. The van der Waals surface area contributed by atoms with Crippen molar-refractivity contribution in [2.45, 2.75) is 20.3 Å². The van der Waals surface area contributed by atoms with E-state index in [-0.39, 0.29) is 6.42 Å². The van der Waals surface area contributed by atoms with Crippen molar-refractivity contribution in [3.8, 4) is 0 Å². The molecular formula is C12H12N2O3. The van der Waals surface area contributed by atoms with Gasteiger partial charge in [0.05, 0.1) is 5.69 Å². The molecule has 5 nitrogen and oxygen atoms in total. The molecule has 0 atom stereocenters. The lowest BCUT2D eigenvalue weighted by atomic mass is 10.1. The quantitative estimate of drug-likeness (QED) is 0.741. The molecule has 1 N–H and O–H groups in total. The number of anilines is 1. The van der Waals surface area contributed by atoms with Gasteiger partial charge < -0.3 is 0 Å². The summed E-state index contributed by atoms with van der Waals surface area (Å²) in [5.74, 6) is -1.05. The molecule has 1 saturated heterocycles. The summed E-state index contributed by atoms with van der Waals surface area (Å²) in [6.45, 7) is 3.77. The third kappa shape index (κ3) is 2.18. The second-order valence-corrected chi connectivity index (χ2v) is 4.11. The number of benzene rings is 1. The van der Waals surface area contributed by atoms with E-state index < -0.39 is 17.8 Å². The molecule has 17 heavy (non-hydrogen) atoms. The van der Waals surface area contributed by atoms with Gasteiger partial charge in [-0.3, -0.25) is 14.9 Å². The monoisotopic (exact) mass is 232 g/mol. The molecular weight excluding hydrogens is 220 g/mol. The molecule has 0 radical (unpaired) electrons. The number of amides is 4. The molecule has 0 aromatic heterocycles. The molecule has 0 unspecified atom stereocenters. The van der Waals surface area contributed by atoms with E-state index in [9.17, 15) is 14.4 Å². The minimum absolute atomic E-state index is 0.293. The van der Waals surface area contributed by atoms with Gasteiger partial charge in [0.2, 0.25) is 11.8 Å². The average Bonchev–Trinajstić information content (AvgIpc) is 2.13. The van der Waals surface area contributed by atoms with Crippen molar-refractivity contribution in [2.24, 2.45) is 0 Å². The maximum Gasteiger partial charge on any atom is 0.335 e. The first kappa shape index (κ1) is 11.3. The van der Waals surface area contributed by atoms with Crippen molar-refractivity contribution >= 4 is 23.5 Å². The summed E-state index contributed by atoms with van der Waals surface area (Å²) in [6.07, 6.45) is -0.293. The molecule has 88 valence electrons. The predicted molar refractivity (Wildman–Crippen MR) is 61.6 cm³/mol. The number of nitrogens with zero attached hydrogens (tertiary/aromatic N) is 1. The Balaban J connectivity index is 2.41. The minimum Gasteiger partial charge on any atom is -0.277 e. The van der Waals surface area contributed by atoms with Gasteiger partial charge in [0.25, 0.3) is 0 Å². The van der Waals surface area contributed by atoms with Crippen LogP contribution in [0, 0.1) is 13.8 Å². The number of nitrogens with one attached hydrogen (secondary N) is 1. The van der Waals surface area contributed by atoms with Gasteiger partial charge in [-0.1, -0.05) is 6.07 Å². The van der Waals surface area contributed by atoms with Gasteiger partial charge >= 0.3 is 6.03 Å². The standard InChI is InChI=1S/C12H12N2O3/c1-7-3-8(2)5-9(4-7)14-11(16)6-10(15)13-12(14)17/h3-5H,6H2,1-2H3,(H,13,15,17). The van der Waals surface area contributed by atoms with Crippen LogP contribution in [0.3, 0.4) is 0 Å². The number of rotatable bonds is 1. The van der Waals surface area contributed by atoms with Crippen LogP contribution in [0.15, 0.2) is 18.2 Å². The number of hydrogen-bond donors (Lipinski definition) is 1. The summed E-state index contributed by atoms with van der Waals surface area (Å²) in [5.41, 5.74) is 2.41. The molecule has 0 saturated carbocycles. The largest absolute Gasteiger partial charge is 0.335 e. The highest BCUT2D eigenvalue weighted by Gasteiger charge is 2.32. The highest BCUT2D eigenvalue weighted by molar-refractivity contribution is 6.26. The number of aryl methyl sites for hydroxylation is 2. The van der Waals surface area contributed by atoms with E-state index >= 15 is 0 Å². The zero-order chi connectivity index (χ0) is 12.6. The molecule has 4 amide bonds. The number of carbonyl (C=O) groups excluding carboxylic acids is 3. The van der Waals surface area contributed by atoms with Crippen molar-refractivity contribution in [1.82, 2.24) is 5.32 Å². The Bertz CT molecular complexity index is 482. The zero-order valence-electron chi connectivity index (χ0n) is 9.61. The molecule has 1 aliphatic heterocycles. The van der Waals surface area contributed by atoms with Crippen LogP contribution in [0.25, 0.3) is 0 Å². The minimum atomic E-state index is -0.684. The molecule has 0 bridgehead atoms. The maximum atomic E-state index is 11.7. The van der Waals surface area contributed by atoms with Crippen LogP contribution in [-0.4, -0.2) is 17.8 Å². The zero-order valence-corrected chi connectivity index (χ0v) is 9.61. The maximum absolute atomic E-state index is 11.7. The molecule has 0 spiro atoms. The van der Waals surface area contributed by atoms with Crippen LogP contribution in [-0.2, 0) is 9.59 Å². The second-order valence-electron chi connectivity index (χ2n) is 4.11. The second kappa shape index (κ2) is 4.01. The molecule has 1 aromatic carbocycles. The molecule has 1 aliphatic rings. The van der Waals surface area contributed by atoms with E-state index in [4.69, 9.17) is 0 Å². The first-order valence-corrected chi connectivity index (χ1v) is 5.22. The van der Waals surface area contributed by atoms with Gasteiger partial charge in [-0.05, 0) is 37.1 Å². The SMILES string of the molecule is Cc1cc(C)cc(N2C(=O)CC(=O)NC2=O)c1. The average molecular weight is 232 g/mol. The Hall–Kier alpha value is -2.17. The van der Waals surface area contributed by atoms with E-state index in [1.54, 1.807) is 12.1 Å². The number of hydrogen-bond acceptors (Lipinski definition) is 3. The molecule has 0 aliphatic carbocycles. The van der Waals surface area contributed by atoms with Crippen LogP contribution in [0.1, 0.15) is 17.5 Å². The topological polar surface area (TPSA) is 66.5 Å². The molecule has 1 fully saturated rings. The fourth-order valence-electron chi connectivity index (χ4n) is 1.89. The van der Waals surface area contributed by atoms with Gasteiger partial charge in [-0.25, -0.2) is 9.69 Å². The molecule has 1 heterocycles. The van der Waals surface area contributed by atoms with Crippen molar-refractivity contribution in [2.75, 3.05) is 4.90 Å². The van der Waals surface area contributed by atoms with E-state index in [1.807, 2.05) is 19.9 Å². The predicted octanol–water partition coefficient (Wildman–Crippen LogP) is 1.28. The normalized spacial score (nSPS) is 16.1. The van der Waals surface area contributed by atoms with Crippen LogP contribution >= 0.6 is 0 Å². The van der Waals surface area contributed by atoms with Gasteiger partial charge in [0.15, 0.2) is 0 Å². The van der Waals surface area contributed by atoms with Crippen LogP contribution in [0.4, 0.5) is 10.5 Å². The number of carbonyl (C=O) groups is 3. The summed E-state index contributed by atoms with van der Waals surface area (Å²) >= 11 is 0. The molecule has 5 heteroatoms. The Morgan fingerprint density at radius 1 is 1.06 bits per heavy atom. The van der Waals surface area contributed by atoms with Gasteiger partial charge in [0.1, 0.15) is 6.42 Å². The van der Waals surface area contributed by atoms with Crippen LogP contribution in [0.5, 0.6) is 0 Å². The Morgan fingerprint density at radius 3 is 2.18 bits per heavy atom. The van der Waals surface area contributed by atoms with Gasteiger partial charge in [-0.15, -0.1) is 0 Å². The van der Waals surface area contributed by atoms with Crippen LogP contribution < -0.4 is 10.2 Å². The summed E-state index contributed by atoms with van der Waals surface area (Å²) in [4.78, 5) is 35.3. The molecule has 2 rings (SSSR count). The Labute approximate surface area is 98.4 Å². The van der Waals surface area contributed by atoms with E-state index in [2.05, 4.69) is 5.32 Å². The lowest BCUT2D eigenvalue weighted by molar-refractivity contribution is -0.128. The smallest absolute Gasteiger partial charge is 0.277 e. The summed E-state index contributed by atoms with van der Waals surface area (Å²) in [7, 11) is 0. The fourth-order valence-corrected chi connectivity index (χ4v) is 1.89. The van der Waals surface area contributed by atoms with Crippen molar-refractivity contribution in [3.63, 3.8) is 0 Å². The van der Waals surface area contributed by atoms with E-state index in [0.717, 1.165) is 16.0 Å². The van der Waals surface area contributed by atoms with E-state index in [0.29, 0.717) is 5.69 Å². The van der Waals surface area contributed by atoms with Crippen molar-refractivity contribution in [3.05, 3.63) is 29.3 Å². The Morgan fingerprint density at radius 2 is 1.65 bits per heavy atom. The van der Waals surface area contributed by atoms with Crippen molar-refractivity contribution < 1.29 is 14.4 Å². The summed E-state index contributed by atoms with van der Waals surface area (Å²) in [6, 6.07) is 4.73. The van der Waals surface area contributed by atoms with Crippen LogP contribution in [0.2, 0.25) is 0 Å². The lowest BCUT2D eigenvalue weighted by Gasteiger charge is -2.25. The Kier molecular flexibility index (Phi) is 2.67. The summed E-state index contributed by atoms with van der Waals surface area (Å²) < 4.78 is 0. The lowest BCUT2D eigenvalue weighted by Crippen LogP contribution is -2.53. The van der Waals surface area contributed by atoms with Gasteiger partial charge in [-0.2, -0.15) is 0 Å².